The Kier molecular flexibility index (Phi) is 7.82. The van der Waals surface area contributed by atoms with Gasteiger partial charge in [0.1, 0.15) is 11.5 Å². The number of hydrogen-bond donors (Lipinski definition) is 1. The van der Waals surface area contributed by atoms with Crippen molar-refractivity contribution in [3.8, 4) is 11.5 Å². The van der Waals surface area contributed by atoms with Gasteiger partial charge >= 0.3 is 0 Å². The molecule has 32 heavy (non-hydrogen) atoms. The van der Waals surface area contributed by atoms with E-state index in [1.165, 1.54) is 0 Å². The minimum atomic E-state index is -3.54. The highest BCUT2D eigenvalue weighted by Gasteiger charge is 2.21. The van der Waals surface area contributed by atoms with Gasteiger partial charge in [0.05, 0.1) is 10.6 Å². The van der Waals surface area contributed by atoms with Crippen LogP contribution in [0.5, 0.6) is 0 Å². The van der Waals surface area contributed by atoms with Crippen molar-refractivity contribution in [2.24, 2.45) is 0 Å². The molecular weight excluding hydrogens is 428 g/mol. The van der Waals surface area contributed by atoms with Gasteiger partial charge in [0.15, 0.2) is 9.84 Å². The van der Waals surface area contributed by atoms with Gasteiger partial charge in [-0.15, -0.1) is 0 Å². The third-order valence-electron chi connectivity index (χ3n) is 4.95. The zero-order valence-electron chi connectivity index (χ0n) is 18.6. The molecule has 1 heterocycles. The lowest BCUT2D eigenvalue weighted by atomic mass is 10.1. The first kappa shape index (κ1) is 23.7. The number of oxazole rings is 1. The molecule has 0 aliphatic rings. The molecule has 0 saturated heterocycles. The quantitative estimate of drug-likeness (QED) is 0.462. The van der Waals surface area contributed by atoms with Crippen LogP contribution in [-0.2, 0) is 20.3 Å². The molecule has 3 aromatic rings. The van der Waals surface area contributed by atoms with Gasteiger partial charge in [-0.3, -0.25) is 4.79 Å². The van der Waals surface area contributed by atoms with E-state index in [0.29, 0.717) is 48.2 Å². The van der Waals surface area contributed by atoms with Gasteiger partial charge in [-0.2, -0.15) is 0 Å². The Bertz CT molecular complexity index is 1150. The van der Waals surface area contributed by atoms with E-state index in [1.54, 1.807) is 55.5 Å². The maximum absolute atomic E-state index is 12.7. The Labute approximate surface area is 188 Å². The van der Waals surface area contributed by atoms with Crippen molar-refractivity contribution < 1.29 is 22.4 Å². The minimum Gasteiger partial charge on any atom is -0.441 e. The fourth-order valence-corrected chi connectivity index (χ4v) is 4.43. The van der Waals surface area contributed by atoms with Crippen LogP contribution < -0.4 is 5.32 Å². The normalized spacial score (nSPS) is 11.5. The predicted molar refractivity (Wildman–Crippen MR) is 122 cm³/mol. The Morgan fingerprint density at radius 1 is 1.06 bits per heavy atom. The molecule has 1 N–H and O–H groups in total. The Balaban J connectivity index is 1.67. The number of sulfone groups is 1. The molecule has 0 spiro atoms. The highest BCUT2D eigenvalue weighted by molar-refractivity contribution is 7.90. The van der Waals surface area contributed by atoms with Crippen molar-refractivity contribution in [3.63, 3.8) is 0 Å². The maximum atomic E-state index is 12.7. The van der Waals surface area contributed by atoms with Crippen LogP contribution in [0.15, 0.2) is 57.8 Å². The molecule has 0 bridgehead atoms. The number of ether oxygens (including phenoxy) is 1. The summed E-state index contributed by atoms with van der Waals surface area (Å²) in [6.45, 7) is 7.35. The molecule has 0 unspecified atom stereocenters. The molecule has 0 aliphatic carbocycles. The van der Waals surface area contributed by atoms with Gasteiger partial charge in [0, 0.05) is 30.9 Å². The van der Waals surface area contributed by atoms with Crippen LogP contribution in [0.4, 0.5) is 0 Å². The SMILES string of the molecule is CCOCCCNC(=O)c1ccc(-c2nc(CS(=O)(=O)c3ccc(C)cc3)c(C)o2)cc1. The first-order valence-corrected chi connectivity index (χ1v) is 12.2. The molecule has 0 saturated carbocycles. The fourth-order valence-electron chi connectivity index (χ4n) is 3.08. The lowest BCUT2D eigenvalue weighted by Crippen LogP contribution is -2.25. The summed E-state index contributed by atoms with van der Waals surface area (Å²) in [6, 6.07) is 13.6. The number of rotatable bonds is 10. The summed E-state index contributed by atoms with van der Waals surface area (Å²) in [6.07, 6.45) is 0.752. The van der Waals surface area contributed by atoms with E-state index < -0.39 is 9.84 Å². The molecule has 7 nitrogen and oxygen atoms in total. The van der Waals surface area contributed by atoms with E-state index in [-0.39, 0.29) is 16.6 Å². The highest BCUT2D eigenvalue weighted by atomic mass is 32.2. The Hall–Kier alpha value is -2.97. The van der Waals surface area contributed by atoms with Crippen molar-refractivity contribution >= 4 is 15.7 Å². The van der Waals surface area contributed by atoms with E-state index in [2.05, 4.69) is 10.3 Å². The molecule has 0 aliphatic heterocycles. The van der Waals surface area contributed by atoms with Crippen LogP contribution in [0.25, 0.3) is 11.5 Å². The van der Waals surface area contributed by atoms with Crippen LogP contribution >= 0.6 is 0 Å². The van der Waals surface area contributed by atoms with Crippen molar-refractivity contribution in [2.75, 3.05) is 19.8 Å². The molecule has 0 radical (unpaired) electrons. The van der Waals surface area contributed by atoms with E-state index in [1.807, 2.05) is 13.8 Å². The third kappa shape index (κ3) is 6.05. The van der Waals surface area contributed by atoms with Gasteiger partial charge in [-0.05, 0) is 63.6 Å². The summed E-state index contributed by atoms with van der Waals surface area (Å²) in [7, 11) is -3.54. The molecule has 0 fully saturated rings. The van der Waals surface area contributed by atoms with Crippen LogP contribution in [0.3, 0.4) is 0 Å². The van der Waals surface area contributed by atoms with Gasteiger partial charge < -0.3 is 14.5 Å². The zero-order valence-corrected chi connectivity index (χ0v) is 19.4. The number of carbonyl (C=O) groups excluding carboxylic acids is 1. The highest BCUT2D eigenvalue weighted by Crippen LogP contribution is 2.25. The lowest BCUT2D eigenvalue weighted by molar-refractivity contribution is 0.0944. The Morgan fingerprint density at radius 3 is 2.41 bits per heavy atom. The number of aromatic nitrogens is 1. The molecule has 170 valence electrons. The number of amides is 1. The second-order valence-corrected chi connectivity index (χ2v) is 9.47. The lowest BCUT2D eigenvalue weighted by Gasteiger charge is -2.06. The summed E-state index contributed by atoms with van der Waals surface area (Å²) in [5.41, 5.74) is 2.55. The average molecular weight is 457 g/mol. The van der Waals surface area contributed by atoms with Crippen LogP contribution in [0, 0.1) is 13.8 Å². The maximum Gasteiger partial charge on any atom is 0.251 e. The van der Waals surface area contributed by atoms with Gasteiger partial charge in [0.2, 0.25) is 5.89 Å². The largest absolute Gasteiger partial charge is 0.441 e. The topological polar surface area (TPSA) is 98.5 Å². The first-order valence-electron chi connectivity index (χ1n) is 10.5. The number of nitrogens with zero attached hydrogens (tertiary/aromatic N) is 1. The zero-order chi connectivity index (χ0) is 23.1. The van der Waals surface area contributed by atoms with Gasteiger partial charge in [0.25, 0.3) is 5.91 Å². The molecule has 1 amide bonds. The monoisotopic (exact) mass is 456 g/mol. The van der Waals surface area contributed by atoms with Crippen molar-refractivity contribution in [1.82, 2.24) is 10.3 Å². The molecule has 8 heteroatoms. The van der Waals surface area contributed by atoms with E-state index >= 15 is 0 Å². The summed E-state index contributed by atoms with van der Waals surface area (Å²) < 4.78 is 36.4. The second-order valence-electron chi connectivity index (χ2n) is 7.48. The van der Waals surface area contributed by atoms with Crippen molar-refractivity contribution in [1.29, 1.82) is 0 Å². The number of carbonyl (C=O) groups is 1. The number of nitrogens with one attached hydrogen (secondary N) is 1. The summed E-state index contributed by atoms with van der Waals surface area (Å²) in [4.78, 5) is 16.9. The smallest absolute Gasteiger partial charge is 0.251 e. The summed E-state index contributed by atoms with van der Waals surface area (Å²) in [5.74, 6) is 0.363. The Morgan fingerprint density at radius 2 is 1.75 bits per heavy atom. The molecular formula is C24H28N2O5S. The summed E-state index contributed by atoms with van der Waals surface area (Å²) in [5, 5.41) is 2.85. The van der Waals surface area contributed by atoms with E-state index in [4.69, 9.17) is 9.15 Å². The predicted octanol–water partition coefficient (Wildman–Crippen LogP) is 4.09. The fraction of sp³-hybridized carbons (Fsp3) is 0.333. The van der Waals surface area contributed by atoms with E-state index in [9.17, 15) is 13.2 Å². The molecule has 0 atom stereocenters. The number of aryl methyl sites for hydroxylation is 2. The standard InChI is InChI=1S/C24H28N2O5S/c1-4-30-15-5-14-25-23(27)19-8-10-20(11-9-19)24-26-22(18(3)31-24)16-32(28,29)21-12-6-17(2)7-13-21/h6-13H,4-5,14-16H2,1-3H3,(H,25,27). The molecule has 1 aromatic heterocycles. The van der Waals surface area contributed by atoms with Crippen molar-refractivity contribution in [2.45, 2.75) is 37.8 Å². The van der Waals surface area contributed by atoms with Crippen LogP contribution in [0.2, 0.25) is 0 Å². The minimum absolute atomic E-state index is 0.165. The van der Waals surface area contributed by atoms with Gasteiger partial charge in [-0.1, -0.05) is 17.7 Å². The van der Waals surface area contributed by atoms with Gasteiger partial charge in [-0.25, -0.2) is 13.4 Å². The third-order valence-corrected chi connectivity index (χ3v) is 6.59. The van der Waals surface area contributed by atoms with Crippen LogP contribution in [-0.4, -0.2) is 39.1 Å². The van der Waals surface area contributed by atoms with E-state index in [0.717, 1.165) is 12.0 Å². The molecule has 2 aromatic carbocycles. The number of benzene rings is 2. The molecule has 3 rings (SSSR count). The average Bonchev–Trinajstić information content (AvgIpc) is 3.13. The first-order chi connectivity index (χ1) is 15.3. The number of hydrogen-bond acceptors (Lipinski definition) is 6. The second kappa shape index (κ2) is 10.6. The van der Waals surface area contributed by atoms with Crippen LogP contribution in [0.1, 0.15) is 40.7 Å². The van der Waals surface area contributed by atoms with Crippen molar-refractivity contribution in [3.05, 3.63) is 71.1 Å². The summed E-state index contributed by atoms with van der Waals surface area (Å²) >= 11 is 0.